The van der Waals surface area contributed by atoms with E-state index in [2.05, 4.69) is 5.32 Å². The second kappa shape index (κ2) is 6.39. The van der Waals surface area contributed by atoms with Crippen molar-refractivity contribution in [3.63, 3.8) is 0 Å². The van der Waals surface area contributed by atoms with Gasteiger partial charge in [-0.3, -0.25) is 9.59 Å². The van der Waals surface area contributed by atoms with E-state index in [0.717, 1.165) is 23.4 Å². The predicted molar refractivity (Wildman–Crippen MR) is 85.8 cm³/mol. The summed E-state index contributed by atoms with van der Waals surface area (Å²) in [5, 5.41) is 2.55. The SMILES string of the molecule is Cc1ccc(N2CCC(NC(=O)c3cc(F)cc(F)c3)C2=O)cc1. The maximum atomic E-state index is 13.2. The van der Waals surface area contributed by atoms with Gasteiger partial charge in [-0.1, -0.05) is 17.7 Å². The van der Waals surface area contributed by atoms with Gasteiger partial charge < -0.3 is 10.2 Å². The van der Waals surface area contributed by atoms with Crippen molar-refractivity contribution in [3.8, 4) is 0 Å². The topological polar surface area (TPSA) is 49.4 Å². The van der Waals surface area contributed by atoms with Crippen LogP contribution in [0.15, 0.2) is 42.5 Å². The van der Waals surface area contributed by atoms with Crippen LogP contribution in [-0.4, -0.2) is 24.4 Å². The summed E-state index contributed by atoms with van der Waals surface area (Å²) in [6.45, 7) is 2.43. The molecule has 1 heterocycles. The summed E-state index contributed by atoms with van der Waals surface area (Å²) in [5.74, 6) is -2.57. The number of nitrogens with one attached hydrogen (secondary N) is 1. The first-order valence-corrected chi connectivity index (χ1v) is 7.59. The molecule has 1 atom stereocenters. The number of anilines is 1. The summed E-state index contributed by atoms with van der Waals surface area (Å²) in [5.41, 5.74) is 1.71. The Bertz CT molecular complexity index is 770. The van der Waals surface area contributed by atoms with E-state index < -0.39 is 23.6 Å². The van der Waals surface area contributed by atoms with Crippen molar-refractivity contribution in [2.24, 2.45) is 0 Å². The van der Waals surface area contributed by atoms with Crippen LogP contribution in [0.2, 0.25) is 0 Å². The van der Waals surface area contributed by atoms with Crippen LogP contribution >= 0.6 is 0 Å². The summed E-state index contributed by atoms with van der Waals surface area (Å²) < 4.78 is 26.4. The fourth-order valence-electron chi connectivity index (χ4n) is 2.72. The van der Waals surface area contributed by atoms with Gasteiger partial charge in [0.25, 0.3) is 5.91 Å². The summed E-state index contributed by atoms with van der Waals surface area (Å²) in [6.07, 6.45) is 0.441. The number of nitrogens with zero attached hydrogens (tertiary/aromatic N) is 1. The quantitative estimate of drug-likeness (QED) is 0.941. The van der Waals surface area contributed by atoms with Gasteiger partial charge in [-0.25, -0.2) is 8.78 Å². The molecule has 2 aromatic carbocycles. The Morgan fingerprint density at radius 2 is 1.75 bits per heavy atom. The smallest absolute Gasteiger partial charge is 0.252 e. The molecule has 0 bridgehead atoms. The molecule has 0 spiro atoms. The molecular formula is C18H16F2N2O2. The summed E-state index contributed by atoms with van der Waals surface area (Å²) in [4.78, 5) is 26.2. The highest BCUT2D eigenvalue weighted by atomic mass is 19.1. The van der Waals surface area contributed by atoms with Crippen LogP contribution < -0.4 is 10.2 Å². The van der Waals surface area contributed by atoms with Crippen molar-refractivity contribution < 1.29 is 18.4 Å². The summed E-state index contributed by atoms with van der Waals surface area (Å²) >= 11 is 0. The van der Waals surface area contributed by atoms with E-state index in [1.165, 1.54) is 0 Å². The number of hydrogen-bond donors (Lipinski definition) is 1. The van der Waals surface area contributed by atoms with Crippen LogP contribution in [0.1, 0.15) is 22.3 Å². The van der Waals surface area contributed by atoms with Crippen LogP contribution in [0.5, 0.6) is 0 Å². The van der Waals surface area contributed by atoms with Crippen molar-refractivity contribution in [2.75, 3.05) is 11.4 Å². The molecule has 1 fully saturated rings. The molecule has 4 nitrogen and oxygen atoms in total. The first-order chi connectivity index (χ1) is 11.4. The zero-order valence-corrected chi connectivity index (χ0v) is 13.1. The average Bonchev–Trinajstić information content (AvgIpc) is 2.88. The van der Waals surface area contributed by atoms with Gasteiger partial charge in [0.15, 0.2) is 0 Å². The predicted octanol–water partition coefficient (Wildman–Crippen LogP) is 2.81. The standard InChI is InChI=1S/C18H16F2N2O2/c1-11-2-4-15(5-3-11)22-7-6-16(18(22)24)21-17(23)12-8-13(19)10-14(20)9-12/h2-5,8-10,16H,6-7H2,1H3,(H,21,23). The molecule has 24 heavy (non-hydrogen) atoms. The molecule has 0 aromatic heterocycles. The lowest BCUT2D eigenvalue weighted by atomic mass is 10.1. The van der Waals surface area contributed by atoms with E-state index in [0.29, 0.717) is 19.0 Å². The number of amides is 2. The molecule has 1 saturated heterocycles. The van der Waals surface area contributed by atoms with Gasteiger partial charge in [0.05, 0.1) is 0 Å². The van der Waals surface area contributed by atoms with Crippen LogP contribution in [0.3, 0.4) is 0 Å². The molecule has 124 valence electrons. The highest BCUT2D eigenvalue weighted by Gasteiger charge is 2.33. The normalized spacial score (nSPS) is 17.2. The van der Waals surface area contributed by atoms with E-state index in [-0.39, 0.29) is 11.5 Å². The zero-order valence-electron chi connectivity index (χ0n) is 13.1. The van der Waals surface area contributed by atoms with E-state index in [9.17, 15) is 18.4 Å². The summed E-state index contributed by atoms with van der Waals surface area (Å²) in [7, 11) is 0. The lowest BCUT2D eigenvalue weighted by molar-refractivity contribution is -0.118. The number of hydrogen-bond acceptors (Lipinski definition) is 2. The number of carbonyl (C=O) groups is 2. The molecule has 1 aliphatic rings. The molecule has 2 aromatic rings. The van der Waals surface area contributed by atoms with Crippen LogP contribution in [0.25, 0.3) is 0 Å². The van der Waals surface area contributed by atoms with Crippen LogP contribution in [0, 0.1) is 18.6 Å². The van der Waals surface area contributed by atoms with Gasteiger partial charge in [-0.05, 0) is 37.6 Å². The molecule has 3 rings (SSSR count). The van der Waals surface area contributed by atoms with E-state index in [4.69, 9.17) is 0 Å². The van der Waals surface area contributed by atoms with Crippen molar-refractivity contribution in [3.05, 3.63) is 65.2 Å². The van der Waals surface area contributed by atoms with E-state index in [1.807, 2.05) is 31.2 Å². The molecule has 1 unspecified atom stereocenters. The number of aryl methyl sites for hydroxylation is 1. The molecule has 1 N–H and O–H groups in total. The minimum Gasteiger partial charge on any atom is -0.340 e. The first-order valence-electron chi connectivity index (χ1n) is 7.59. The molecule has 0 aliphatic carbocycles. The highest BCUT2D eigenvalue weighted by Crippen LogP contribution is 2.22. The van der Waals surface area contributed by atoms with Crippen molar-refractivity contribution in [2.45, 2.75) is 19.4 Å². The number of carbonyl (C=O) groups excluding carboxylic acids is 2. The number of benzene rings is 2. The molecule has 0 radical (unpaired) electrons. The number of rotatable bonds is 3. The van der Waals surface area contributed by atoms with E-state index in [1.54, 1.807) is 4.90 Å². The minimum atomic E-state index is -0.834. The lowest BCUT2D eigenvalue weighted by Crippen LogP contribution is -2.41. The lowest BCUT2D eigenvalue weighted by Gasteiger charge is -2.17. The number of halogens is 2. The third kappa shape index (κ3) is 3.27. The minimum absolute atomic E-state index is 0.144. The van der Waals surface area contributed by atoms with Crippen molar-refractivity contribution in [1.82, 2.24) is 5.32 Å². The second-order valence-corrected chi connectivity index (χ2v) is 5.80. The molecule has 0 saturated carbocycles. The van der Waals surface area contributed by atoms with Crippen molar-refractivity contribution in [1.29, 1.82) is 0 Å². The summed E-state index contributed by atoms with van der Waals surface area (Å²) in [6, 6.07) is 9.37. The van der Waals surface area contributed by atoms with Gasteiger partial charge in [-0.2, -0.15) is 0 Å². The molecular weight excluding hydrogens is 314 g/mol. The maximum Gasteiger partial charge on any atom is 0.252 e. The molecule has 6 heteroatoms. The zero-order chi connectivity index (χ0) is 17.3. The third-order valence-corrected chi connectivity index (χ3v) is 3.98. The van der Waals surface area contributed by atoms with Gasteiger partial charge in [0.1, 0.15) is 17.7 Å². The molecule has 1 aliphatic heterocycles. The fraction of sp³-hybridized carbons (Fsp3) is 0.222. The second-order valence-electron chi connectivity index (χ2n) is 5.80. The van der Waals surface area contributed by atoms with Gasteiger partial charge in [-0.15, -0.1) is 0 Å². The van der Waals surface area contributed by atoms with Gasteiger partial charge >= 0.3 is 0 Å². The van der Waals surface area contributed by atoms with Gasteiger partial charge in [0, 0.05) is 23.9 Å². The monoisotopic (exact) mass is 330 g/mol. The Kier molecular flexibility index (Phi) is 4.29. The van der Waals surface area contributed by atoms with Crippen molar-refractivity contribution >= 4 is 17.5 Å². The Morgan fingerprint density at radius 1 is 1.12 bits per heavy atom. The maximum absolute atomic E-state index is 13.2. The average molecular weight is 330 g/mol. The largest absolute Gasteiger partial charge is 0.340 e. The first kappa shape index (κ1) is 16.1. The third-order valence-electron chi connectivity index (χ3n) is 3.98. The Morgan fingerprint density at radius 3 is 2.38 bits per heavy atom. The Balaban J connectivity index is 1.71. The Labute approximate surface area is 138 Å². The van der Waals surface area contributed by atoms with Crippen LogP contribution in [0.4, 0.5) is 14.5 Å². The highest BCUT2D eigenvalue weighted by molar-refractivity contribution is 6.03. The van der Waals surface area contributed by atoms with Crippen LogP contribution in [-0.2, 0) is 4.79 Å². The van der Waals surface area contributed by atoms with E-state index >= 15 is 0 Å². The molecule has 2 amide bonds. The Hall–Kier alpha value is -2.76. The fourth-order valence-corrected chi connectivity index (χ4v) is 2.72. The van der Waals surface area contributed by atoms with Gasteiger partial charge in [0.2, 0.25) is 5.91 Å².